The highest BCUT2D eigenvalue weighted by atomic mass is 35.5. The number of carbonyl (C=O) groups excluding carboxylic acids is 2. The third kappa shape index (κ3) is 5.58. The van der Waals surface area contributed by atoms with Crippen LogP contribution < -0.4 is 15.6 Å². The normalized spacial score (nSPS) is 10.4. The minimum absolute atomic E-state index is 0.125. The third-order valence-electron chi connectivity index (χ3n) is 4.21. The number of para-hydroxylation sites is 1. The molecule has 0 bridgehead atoms. The van der Waals surface area contributed by atoms with E-state index in [1.165, 1.54) is 0 Å². The van der Waals surface area contributed by atoms with Gasteiger partial charge in [0, 0.05) is 17.5 Å². The maximum atomic E-state index is 12.0. The van der Waals surface area contributed by atoms with Crippen molar-refractivity contribution in [3.05, 3.63) is 71.1 Å². The van der Waals surface area contributed by atoms with E-state index in [2.05, 4.69) is 16.0 Å². The van der Waals surface area contributed by atoms with Gasteiger partial charge in [0.2, 0.25) is 11.1 Å². The van der Waals surface area contributed by atoms with Crippen LogP contribution in [0.5, 0.6) is 5.75 Å². The van der Waals surface area contributed by atoms with Crippen molar-refractivity contribution in [3.8, 4) is 16.9 Å². The molecule has 0 atom stereocenters. The number of rotatable bonds is 7. The molecule has 7 nitrogen and oxygen atoms in total. The highest BCUT2D eigenvalue weighted by Gasteiger charge is 2.13. The van der Waals surface area contributed by atoms with Gasteiger partial charge in [0.15, 0.2) is 6.61 Å². The van der Waals surface area contributed by atoms with E-state index in [4.69, 9.17) is 20.9 Å². The molecule has 0 saturated heterocycles. The standard InChI is InChI=1S/C21H20ClN3O4/c1-14-16(21(22)29-25-14)11-12-19(26)23-24-20(27)13-28-18-10-6-5-9-17(18)15-7-3-2-4-8-15/h2-10H,11-13H2,1H3,(H,23,26)(H,24,27). The van der Waals surface area contributed by atoms with Crippen molar-refractivity contribution in [2.24, 2.45) is 0 Å². The molecule has 0 saturated carbocycles. The fraction of sp³-hybridized carbons (Fsp3) is 0.190. The summed E-state index contributed by atoms with van der Waals surface area (Å²) in [6.07, 6.45) is 0.483. The first kappa shape index (κ1) is 20.4. The fourth-order valence-electron chi connectivity index (χ4n) is 2.71. The van der Waals surface area contributed by atoms with Gasteiger partial charge in [0.1, 0.15) is 5.75 Å². The molecule has 3 aromatic rings. The zero-order valence-electron chi connectivity index (χ0n) is 15.8. The Morgan fingerprint density at radius 3 is 2.45 bits per heavy atom. The Bertz CT molecular complexity index is 969. The lowest BCUT2D eigenvalue weighted by Crippen LogP contribution is -2.43. The van der Waals surface area contributed by atoms with Crippen LogP contribution in [0.15, 0.2) is 59.1 Å². The van der Waals surface area contributed by atoms with E-state index < -0.39 is 5.91 Å². The average molecular weight is 414 g/mol. The molecule has 8 heteroatoms. The van der Waals surface area contributed by atoms with Crippen molar-refractivity contribution in [1.82, 2.24) is 16.0 Å². The summed E-state index contributed by atoms with van der Waals surface area (Å²) in [6.45, 7) is 1.51. The van der Waals surface area contributed by atoms with Crippen LogP contribution in [-0.4, -0.2) is 23.6 Å². The zero-order valence-corrected chi connectivity index (χ0v) is 16.5. The number of ether oxygens (including phenoxy) is 1. The van der Waals surface area contributed by atoms with E-state index in [9.17, 15) is 9.59 Å². The molecule has 29 heavy (non-hydrogen) atoms. The predicted molar refractivity (Wildman–Crippen MR) is 108 cm³/mol. The molecule has 2 N–H and O–H groups in total. The first-order chi connectivity index (χ1) is 14.0. The van der Waals surface area contributed by atoms with Crippen LogP contribution in [0, 0.1) is 6.92 Å². The van der Waals surface area contributed by atoms with Gasteiger partial charge >= 0.3 is 0 Å². The van der Waals surface area contributed by atoms with Gasteiger partial charge in [0.25, 0.3) is 5.91 Å². The maximum Gasteiger partial charge on any atom is 0.276 e. The maximum absolute atomic E-state index is 12.0. The van der Waals surface area contributed by atoms with Crippen molar-refractivity contribution >= 4 is 23.4 Å². The molecule has 0 aliphatic carbocycles. The number of nitrogens with one attached hydrogen (secondary N) is 2. The number of amides is 2. The van der Waals surface area contributed by atoms with Crippen molar-refractivity contribution in [3.63, 3.8) is 0 Å². The minimum atomic E-state index is -0.472. The van der Waals surface area contributed by atoms with Gasteiger partial charge < -0.3 is 9.26 Å². The summed E-state index contributed by atoms with van der Waals surface area (Å²) in [6, 6.07) is 17.2. The van der Waals surface area contributed by atoms with Crippen LogP contribution in [0.25, 0.3) is 11.1 Å². The van der Waals surface area contributed by atoms with Gasteiger partial charge in [-0.1, -0.05) is 53.7 Å². The summed E-state index contributed by atoms with van der Waals surface area (Å²) < 4.78 is 10.5. The van der Waals surface area contributed by atoms with E-state index in [1.807, 2.05) is 48.5 Å². The highest BCUT2D eigenvalue weighted by molar-refractivity contribution is 6.29. The second-order valence-corrected chi connectivity index (χ2v) is 6.61. The highest BCUT2D eigenvalue weighted by Crippen LogP contribution is 2.29. The Labute approximate surface area is 173 Å². The van der Waals surface area contributed by atoms with Gasteiger partial charge in [-0.25, -0.2) is 0 Å². The first-order valence-corrected chi connectivity index (χ1v) is 9.38. The van der Waals surface area contributed by atoms with Crippen molar-refractivity contribution < 1.29 is 18.8 Å². The van der Waals surface area contributed by atoms with Gasteiger partial charge in [0.05, 0.1) is 5.69 Å². The number of benzene rings is 2. The number of aromatic nitrogens is 1. The fourth-order valence-corrected chi connectivity index (χ4v) is 2.97. The monoisotopic (exact) mass is 413 g/mol. The molecule has 150 valence electrons. The first-order valence-electron chi connectivity index (χ1n) is 9.00. The van der Waals surface area contributed by atoms with Gasteiger partial charge in [-0.05, 0) is 36.6 Å². The summed E-state index contributed by atoms with van der Waals surface area (Å²) in [7, 11) is 0. The largest absolute Gasteiger partial charge is 0.483 e. The molecule has 3 rings (SSSR count). The number of aryl methyl sites for hydroxylation is 1. The molecule has 2 amide bonds. The summed E-state index contributed by atoms with van der Waals surface area (Å²) in [5.41, 5.74) is 7.87. The Morgan fingerprint density at radius 1 is 1.03 bits per heavy atom. The number of hydrogen-bond acceptors (Lipinski definition) is 5. The zero-order chi connectivity index (χ0) is 20.6. The smallest absolute Gasteiger partial charge is 0.276 e. The topological polar surface area (TPSA) is 93.5 Å². The van der Waals surface area contributed by atoms with Crippen LogP contribution >= 0.6 is 11.6 Å². The molecule has 0 unspecified atom stereocenters. The van der Waals surface area contributed by atoms with Crippen molar-refractivity contribution in [2.75, 3.05) is 6.61 Å². The van der Waals surface area contributed by atoms with Crippen molar-refractivity contribution in [2.45, 2.75) is 19.8 Å². The SMILES string of the molecule is Cc1noc(Cl)c1CCC(=O)NNC(=O)COc1ccccc1-c1ccccc1. The number of carbonyl (C=O) groups is 2. The van der Waals surface area contributed by atoms with Gasteiger partial charge in [-0.3, -0.25) is 20.4 Å². The Hall–Kier alpha value is -3.32. The molecular formula is C21H20ClN3O4. The molecule has 1 aromatic heterocycles. The molecular weight excluding hydrogens is 394 g/mol. The number of halogens is 1. The Morgan fingerprint density at radius 2 is 1.72 bits per heavy atom. The minimum Gasteiger partial charge on any atom is -0.483 e. The van der Waals surface area contributed by atoms with Gasteiger partial charge in [-0.2, -0.15) is 0 Å². The summed E-state index contributed by atoms with van der Waals surface area (Å²) in [5.74, 6) is -0.252. The van der Waals surface area contributed by atoms with E-state index in [1.54, 1.807) is 13.0 Å². The molecule has 0 radical (unpaired) electrons. The Balaban J connectivity index is 1.47. The molecule has 0 fully saturated rings. The second kappa shape index (κ2) is 9.75. The van der Waals surface area contributed by atoms with E-state index in [0.717, 1.165) is 11.1 Å². The van der Waals surface area contributed by atoms with Gasteiger partial charge in [-0.15, -0.1) is 0 Å². The molecule has 1 heterocycles. The quantitative estimate of drug-likeness (QED) is 0.578. The molecule has 0 spiro atoms. The summed E-state index contributed by atoms with van der Waals surface area (Å²) >= 11 is 5.87. The average Bonchev–Trinajstić information content (AvgIpc) is 3.07. The van der Waals surface area contributed by atoms with E-state index >= 15 is 0 Å². The lowest BCUT2D eigenvalue weighted by Gasteiger charge is -2.12. The number of hydrazine groups is 1. The van der Waals surface area contributed by atoms with E-state index in [-0.39, 0.29) is 24.2 Å². The number of nitrogens with zero attached hydrogens (tertiary/aromatic N) is 1. The molecule has 0 aliphatic rings. The Kier molecular flexibility index (Phi) is 6.86. The lowest BCUT2D eigenvalue weighted by molar-refractivity contribution is -0.130. The van der Waals surface area contributed by atoms with Crippen LogP contribution in [0.3, 0.4) is 0 Å². The molecule has 0 aliphatic heterocycles. The van der Waals surface area contributed by atoms with Crippen LogP contribution in [0.1, 0.15) is 17.7 Å². The molecule has 2 aromatic carbocycles. The van der Waals surface area contributed by atoms with Crippen molar-refractivity contribution in [1.29, 1.82) is 0 Å². The third-order valence-corrected chi connectivity index (χ3v) is 4.51. The van der Waals surface area contributed by atoms with E-state index in [0.29, 0.717) is 23.4 Å². The number of hydrogen-bond donors (Lipinski definition) is 2. The predicted octanol–water partition coefficient (Wildman–Crippen LogP) is 3.46. The van der Waals surface area contributed by atoms with Crippen LogP contribution in [0.2, 0.25) is 5.22 Å². The lowest BCUT2D eigenvalue weighted by atomic mass is 10.1. The summed E-state index contributed by atoms with van der Waals surface area (Å²) in [4.78, 5) is 23.9. The summed E-state index contributed by atoms with van der Waals surface area (Å²) in [5, 5.41) is 3.90. The van der Waals surface area contributed by atoms with Crippen LogP contribution in [-0.2, 0) is 16.0 Å². The second-order valence-electron chi connectivity index (χ2n) is 6.27. The van der Waals surface area contributed by atoms with Crippen LogP contribution in [0.4, 0.5) is 0 Å².